The van der Waals surface area contributed by atoms with Crippen LogP contribution in [-0.2, 0) is 30.8 Å². The Morgan fingerprint density at radius 3 is 2.47 bits per heavy atom. The van der Waals surface area contributed by atoms with Crippen molar-refractivity contribution in [2.45, 2.75) is 33.0 Å². The molecule has 30 heavy (non-hydrogen) atoms. The van der Waals surface area contributed by atoms with Gasteiger partial charge in [-0.3, -0.25) is 4.79 Å². The number of furan rings is 1. The molecule has 4 aromatic rings. The predicted molar refractivity (Wildman–Crippen MR) is 112 cm³/mol. The Balaban J connectivity index is 1.48. The molecule has 2 heterocycles. The standard InChI is InChI=1S/C23H23N5O2/c1-2-18-10-12-20(13-11-18)23-24-26-28(25-23)17-22(29)27(16-21-9-6-14-30-21)15-19-7-4-3-5-8-19/h3-14H,2,15-17H2,1H3. The number of amides is 1. The minimum atomic E-state index is -0.111. The molecule has 0 radical (unpaired) electrons. The smallest absolute Gasteiger partial charge is 0.246 e. The highest BCUT2D eigenvalue weighted by atomic mass is 16.3. The third-order valence-electron chi connectivity index (χ3n) is 4.85. The van der Waals surface area contributed by atoms with Crippen molar-refractivity contribution in [1.82, 2.24) is 25.1 Å². The zero-order valence-corrected chi connectivity index (χ0v) is 16.8. The van der Waals surface area contributed by atoms with Crippen molar-refractivity contribution in [3.63, 3.8) is 0 Å². The maximum Gasteiger partial charge on any atom is 0.246 e. The van der Waals surface area contributed by atoms with Gasteiger partial charge < -0.3 is 9.32 Å². The summed E-state index contributed by atoms with van der Waals surface area (Å²) in [5, 5.41) is 12.6. The number of aromatic nitrogens is 4. The van der Waals surface area contributed by atoms with Gasteiger partial charge >= 0.3 is 0 Å². The number of carbonyl (C=O) groups excluding carboxylic acids is 1. The van der Waals surface area contributed by atoms with Crippen LogP contribution < -0.4 is 0 Å². The SMILES string of the molecule is CCc1ccc(-c2nnn(CC(=O)N(Cc3ccccc3)Cc3ccco3)n2)cc1. The van der Waals surface area contributed by atoms with Crippen molar-refractivity contribution >= 4 is 5.91 Å². The maximum atomic E-state index is 13.0. The number of rotatable bonds is 8. The molecule has 4 rings (SSSR count). The number of carbonyl (C=O) groups is 1. The molecule has 0 bridgehead atoms. The fourth-order valence-corrected chi connectivity index (χ4v) is 3.16. The van der Waals surface area contributed by atoms with Crippen LogP contribution in [0.25, 0.3) is 11.4 Å². The summed E-state index contributed by atoms with van der Waals surface area (Å²) in [6.07, 6.45) is 2.58. The molecule has 0 saturated heterocycles. The summed E-state index contributed by atoms with van der Waals surface area (Å²) >= 11 is 0. The Kier molecular flexibility index (Phi) is 5.98. The summed E-state index contributed by atoms with van der Waals surface area (Å²) in [7, 11) is 0. The molecule has 2 aromatic heterocycles. The zero-order valence-electron chi connectivity index (χ0n) is 16.8. The lowest BCUT2D eigenvalue weighted by molar-refractivity contribution is -0.133. The minimum absolute atomic E-state index is 0.00753. The predicted octanol–water partition coefficient (Wildman–Crippen LogP) is 3.72. The fourth-order valence-electron chi connectivity index (χ4n) is 3.16. The second-order valence-electron chi connectivity index (χ2n) is 7.01. The molecular weight excluding hydrogens is 378 g/mol. The summed E-state index contributed by atoms with van der Waals surface area (Å²) in [5.41, 5.74) is 3.17. The first-order valence-corrected chi connectivity index (χ1v) is 9.92. The van der Waals surface area contributed by atoms with Gasteiger partial charge in [0.1, 0.15) is 12.3 Å². The molecule has 7 nitrogen and oxygen atoms in total. The Labute approximate surface area is 174 Å². The second-order valence-corrected chi connectivity index (χ2v) is 7.01. The molecule has 0 atom stereocenters. The van der Waals surface area contributed by atoms with Crippen molar-refractivity contribution in [2.24, 2.45) is 0 Å². The summed E-state index contributed by atoms with van der Waals surface area (Å²) in [6, 6.07) is 21.6. The summed E-state index contributed by atoms with van der Waals surface area (Å²) in [5.74, 6) is 1.12. The molecule has 7 heteroatoms. The van der Waals surface area contributed by atoms with Gasteiger partial charge in [0.05, 0.1) is 12.8 Å². The van der Waals surface area contributed by atoms with E-state index in [4.69, 9.17) is 4.42 Å². The third-order valence-corrected chi connectivity index (χ3v) is 4.85. The van der Waals surface area contributed by atoms with Crippen molar-refractivity contribution in [3.05, 3.63) is 89.9 Å². The molecule has 0 fully saturated rings. The molecule has 0 unspecified atom stereocenters. The highest BCUT2D eigenvalue weighted by Gasteiger charge is 2.18. The zero-order chi connectivity index (χ0) is 20.8. The van der Waals surface area contributed by atoms with Crippen LogP contribution in [0.15, 0.2) is 77.4 Å². The van der Waals surface area contributed by atoms with Gasteiger partial charge in [-0.25, -0.2) is 0 Å². The van der Waals surface area contributed by atoms with E-state index in [2.05, 4.69) is 22.3 Å². The molecule has 0 aliphatic rings. The normalized spacial score (nSPS) is 10.8. The van der Waals surface area contributed by atoms with E-state index >= 15 is 0 Å². The van der Waals surface area contributed by atoms with Gasteiger partial charge in [0.2, 0.25) is 11.7 Å². The third kappa shape index (κ3) is 4.81. The molecule has 0 aliphatic carbocycles. The average molecular weight is 401 g/mol. The van der Waals surface area contributed by atoms with Gasteiger partial charge in [-0.2, -0.15) is 4.80 Å². The first-order valence-electron chi connectivity index (χ1n) is 9.92. The van der Waals surface area contributed by atoms with Crippen molar-refractivity contribution in [3.8, 4) is 11.4 Å². The topological polar surface area (TPSA) is 77.0 Å². The molecule has 0 aliphatic heterocycles. The fraction of sp³-hybridized carbons (Fsp3) is 0.217. The second kappa shape index (κ2) is 9.17. The van der Waals surface area contributed by atoms with Gasteiger partial charge in [0, 0.05) is 12.1 Å². The van der Waals surface area contributed by atoms with Crippen LogP contribution in [-0.4, -0.2) is 31.0 Å². The van der Waals surface area contributed by atoms with Gasteiger partial charge in [-0.05, 0) is 34.9 Å². The van der Waals surface area contributed by atoms with E-state index in [9.17, 15) is 4.79 Å². The van der Waals surface area contributed by atoms with Crippen LogP contribution in [0.5, 0.6) is 0 Å². The molecule has 2 aromatic carbocycles. The van der Waals surface area contributed by atoms with Crippen LogP contribution in [0.4, 0.5) is 0 Å². The van der Waals surface area contributed by atoms with E-state index in [1.807, 2.05) is 66.7 Å². The van der Waals surface area contributed by atoms with E-state index in [0.29, 0.717) is 18.9 Å². The van der Waals surface area contributed by atoms with E-state index in [1.165, 1.54) is 10.4 Å². The lowest BCUT2D eigenvalue weighted by Crippen LogP contribution is -2.33. The van der Waals surface area contributed by atoms with Gasteiger partial charge in [-0.15, -0.1) is 10.2 Å². The van der Waals surface area contributed by atoms with Gasteiger partial charge in [0.25, 0.3) is 0 Å². The van der Waals surface area contributed by atoms with E-state index in [0.717, 1.165) is 23.3 Å². The number of hydrogen-bond donors (Lipinski definition) is 0. The first kappa shape index (κ1) is 19.6. The molecule has 0 N–H and O–H groups in total. The van der Waals surface area contributed by atoms with Crippen molar-refractivity contribution in [2.75, 3.05) is 0 Å². The molecular formula is C23H23N5O2. The Bertz CT molecular complexity index is 1070. The largest absolute Gasteiger partial charge is 0.467 e. The Morgan fingerprint density at radius 2 is 1.77 bits per heavy atom. The summed E-state index contributed by atoms with van der Waals surface area (Å²) in [6.45, 7) is 2.97. The Morgan fingerprint density at radius 1 is 0.967 bits per heavy atom. The van der Waals surface area contributed by atoms with Crippen LogP contribution in [0, 0.1) is 0 Å². The molecule has 0 saturated carbocycles. The highest BCUT2D eigenvalue weighted by molar-refractivity contribution is 5.75. The van der Waals surface area contributed by atoms with Crippen molar-refractivity contribution in [1.29, 1.82) is 0 Å². The molecule has 0 spiro atoms. The quantitative estimate of drug-likeness (QED) is 0.450. The Hall–Kier alpha value is -3.74. The number of nitrogens with zero attached hydrogens (tertiary/aromatic N) is 5. The number of benzene rings is 2. The lowest BCUT2D eigenvalue weighted by Gasteiger charge is -2.21. The van der Waals surface area contributed by atoms with Crippen molar-refractivity contribution < 1.29 is 9.21 Å². The lowest BCUT2D eigenvalue weighted by atomic mass is 10.1. The van der Waals surface area contributed by atoms with Gasteiger partial charge in [0.15, 0.2) is 0 Å². The van der Waals surface area contributed by atoms with Gasteiger partial charge in [-0.1, -0.05) is 61.5 Å². The first-order chi connectivity index (χ1) is 14.7. The van der Waals surface area contributed by atoms with E-state index in [-0.39, 0.29) is 12.5 Å². The van der Waals surface area contributed by atoms with Crippen LogP contribution >= 0.6 is 0 Å². The monoisotopic (exact) mass is 401 g/mol. The van der Waals surface area contributed by atoms with Crippen LogP contribution in [0.2, 0.25) is 0 Å². The van der Waals surface area contributed by atoms with Crippen LogP contribution in [0.3, 0.4) is 0 Å². The average Bonchev–Trinajstić information content (AvgIpc) is 3.46. The number of aryl methyl sites for hydroxylation is 1. The molecule has 1 amide bonds. The minimum Gasteiger partial charge on any atom is -0.467 e. The summed E-state index contributed by atoms with van der Waals surface area (Å²) in [4.78, 5) is 16.1. The molecule has 152 valence electrons. The van der Waals surface area contributed by atoms with Crippen LogP contribution in [0.1, 0.15) is 23.8 Å². The highest BCUT2D eigenvalue weighted by Crippen LogP contribution is 2.15. The maximum absolute atomic E-state index is 13.0. The number of tetrazole rings is 1. The summed E-state index contributed by atoms with van der Waals surface area (Å²) < 4.78 is 5.44. The van der Waals surface area contributed by atoms with E-state index in [1.54, 1.807) is 11.2 Å². The van der Waals surface area contributed by atoms with E-state index < -0.39 is 0 Å². The number of hydrogen-bond acceptors (Lipinski definition) is 5.